The van der Waals surface area contributed by atoms with Crippen LogP contribution in [0.3, 0.4) is 0 Å². The molecule has 0 unspecified atom stereocenters. The molecule has 2 aromatic carbocycles. The third-order valence-electron chi connectivity index (χ3n) is 4.90. The molecule has 0 aromatic heterocycles. The van der Waals surface area contributed by atoms with Gasteiger partial charge in [-0.1, -0.05) is 29.8 Å². The highest BCUT2D eigenvalue weighted by Gasteiger charge is 2.39. The summed E-state index contributed by atoms with van der Waals surface area (Å²) < 4.78 is 33.0. The summed E-state index contributed by atoms with van der Waals surface area (Å²) in [5.41, 5.74) is 1.02. The average molecular weight is 437 g/mol. The minimum absolute atomic E-state index is 0.137. The van der Waals surface area contributed by atoms with E-state index in [0.717, 1.165) is 11.3 Å². The first kappa shape index (κ1) is 21.6. The fraction of sp³-hybridized carbons (Fsp3) is 0.381. The van der Waals surface area contributed by atoms with Gasteiger partial charge in [0.2, 0.25) is 15.9 Å². The summed E-state index contributed by atoms with van der Waals surface area (Å²) in [7, 11) is -3.76. The number of amides is 1. The lowest BCUT2D eigenvalue weighted by atomic mass is 10.2. The van der Waals surface area contributed by atoms with E-state index >= 15 is 0 Å². The topological polar surface area (TPSA) is 75.7 Å². The summed E-state index contributed by atoms with van der Waals surface area (Å²) >= 11 is 5.86. The van der Waals surface area contributed by atoms with Crippen LogP contribution in [0.1, 0.15) is 25.3 Å². The Morgan fingerprint density at radius 2 is 1.93 bits per heavy atom. The second-order valence-corrected chi connectivity index (χ2v) is 9.54. The summed E-state index contributed by atoms with van der Waals surface area (Å²) in [4.78, 5) is 12.9. The van der Waals surface area contributed by atoms with Crippen molar-refractivity contribution in [3.05, 3.63) is 59.1 Å². The van der Waals surface area contributed by atoms with Crippen molar-refractivity contribution < 1.29 is 17.9 Å². The molecule has 2 atom stereocenters. The van der Waals surface area contributed by atoms with Gasteiger partial charge in [0.15, 0.2) is 0 Å². The highest BCUT2D eigenvalue weighted by molar-refractivity contribution is 7.89. The molecule has 2 aromatic rings. The largest absolute Gasteiger partial charge is 0.491 e. The number of sulfonamides is 1. The Labute approximate surface area is 176 Å². The fourth-order valence-corrected chi connectivity index (χ4v) is 5.13. The highest BCUT2D eigenvalue weighted by Crippen LogP contribution is 2.27. The molecule has 0 spiro atoms. The van der Waals surface area contributed by atoms with E-state index in [4.69, 9.17) is 16.3 Å². The lowest BCUT2D eigenvalue weighted by Gasteiger charge is -2.25. The third-order valence-corrected chi connectivity index (χ3v) is 7.07. The minimum Gasteiger partial charge on any atom is -0.491 e. The van der Waals surface area contributed by atoms with Gasteiger partial charge in [-0.15, -0.1) is 0 Å². The van der Waals surface area contributed by atoms with Gasteiger partial charge in [0.05, 0.1) is 10.9 Å². The Hall–Kier alpha value is -2.09. The van der Waals surface area contributed by atoms with Crippen molar-refractivity contribution in [2.75, 3.05) is 13.2 Å². The van der Waals surface area contributed by atoms with E-state index in [1.807, 2.05) is 38.1 Å². The minimum atomic E-state index is -3.76. The van der Waals surface area contributed by atoms with E-state index in [-0.39, 0.29) is 16.8 Å². The normalized spacial score (nSPS) is 18.4. The molecular weight excluding hydrogens is 412 g/mol. The van der Waals surface area contributed by atoms with Crippen molar-refractivity contribution in [1.29, 1.82) is 0 Å². The number of aryl methyl sites for hydroxylation is 1. The smallest absolute Gasteiger partial charge is 0.243 e. The molecule has 0 saturated carbocycles. The third kappa shape index (κ3) is 5.10. The van der Waals surface area contributed by atoms with Gasteiger partial charge >= 0.3 is 0 Å². The standard InChI is InChI=1S/C21H25ClN2O4S/c1-15-6-3-4-8-20(15)28-14-16(2)23-21(25)19-7-5-13-24(19)29(26,27)18-11-9-17(22)10-12-18/h3-4,6,8-12,16,19H,5,7,13-14H2,1-2H3,(H,23,25)/t16-,19+/m0/s1. The summed E-state index contributed by atoms with van der Waals surface area (Å²) in [5, 5.41) is 3.34. The van der Waals surface area contributed by atoms with Gasteiger partial charge in [-0.3, -0.25) is 4.79 Å². The SMILES string of the molecule is Cc1ccccc1OC[C@H](C)NC(=O)[C@H]1CCCN1S(=O)(=O)c1ccc(Cl)cc1. The van der Waals surface area contributed by atoms with E-state index in [9.17, 15) is 13.2 Å². The van der Waals surface area contributed by atoms with E-state index in [1.165, 1.54) is 28.6 Å². The van der Waals surface area contributed by atoms with Crippen LogP contribution in [0.5, 0.6) is 5.75 Å². The van der Waals surface area contributed by atoms with E-state index in [2.05, 4.69) is 5.32 Å². The van der Waals surface area contributed by atoms with Crippen LogP contribution in [0, 0.1) is 6.92 Å². The lowest BCUT2D eigenvalue weighted by Crippen LogP contribution is -2.49. The van der Waals surface area contributed by atoms with E-state index in [1.54, 1.807) is 0 Å². The molecule has 8 heteroatoms. The summed E-state index contributed by atoms with van der Waals surface area (Å²) in [6, 6.07) is 12.7. The van der Waals surface area contributed by atoms with Gasteiger partial charge < -0.3 is 10.1 Å². The van der Waals surface area contributed by atoms with E-state index in [0.29, 0.717) is 31.0 Å². The number of nitrogens with one attached hydrogen (secondary N) is 1. The number of rotatable bonds is 7. The van der Waals surface area contributed by atoms with Crippen LogP contribution in [0.25, 0.3) is 0 Å². The van der Waals surface area contributed by atoms with Crippen molar-refractivity contribution in [2.24, 2.45) is 0 Å². The number of benzene rings is 2. The Kier molecular flexibility index (Phi) is 6.82. The first-order valence-electron chi connectivity index (χ1n) is 9.55. The zero-order chi connectivity index (χ0) is 21.0. The molecule has 0 radical (unpaired) electrons. The number of para-hydroxylation sites is 1. The maximum absolute atomic E-state index is 13.0. The van der Waals surface area contributed by atoms with Gasteiger partial charge in [-0.25, -0.2) is 8.42 Å². The number of hydrogen-bond donors (Lipinski definition) is 1. The summed E-state index contributed by atoms with van der Waals surface area (Å²) in [5.74, 6) is 0.460. The number of carbonyl (C=O) groups is 1. The van der Waals surface area contributed by atoms with Gasteiger partial charge in [-0.05, 0) is 62.6 Å². The van der Waals surface area contributed by atoms with Crippen molar-refractivity contribution in [3.63, 3.8) is 0 Å². The Morgan fingerprint density at radius 3 is 2.62 bits per heavy atom. The van der Waals surface area contributed by atoms with Crippen molar-refractivity contribution in [2.45, 2.75) is 43.7 Å². The highest BCUT2D eigenvalue weighted by atomic mass is 35.5. The van der Waals surface area contributed by atoms with Crippen molar-refractivity contribution in [3.8, 4) is 5.75 Å². The molecule has 1 N–H and O–H groups in total. The van der Waals surface area contributed by atoms with Gasteiger partial charge in [-0.2, -0.15) is 4.31 Å². The summed E-state index contributed by atoms with van der Waals surface area (Å²) in [6.07, 6.45) is 1.13. The van der Waals surface area contributed by atoms with Crippen LogP contribution in [-0.4, -0.2) is 43.9 Å². The molecule has 1 fully saturated rings. The second kappa shape index (κ2) is 9.15. The number of ether oxygens (including phenoxy) is 1. The molecular formula is C21H25ClN2O4S. The number of hydrogen-bond acceptors (Lipinski definition) is 4. The van der Waals surface area contributed by atoms with Crippen LogP contribution in [-0.2, 0) is 14.8 Å². The van der Waals surface area contributed by atoms with Crippen LogP contribution in [0.4, 0.5) is 0 Å². The second-order valence-electron chi connectivity index (χ2n) is 7.21. The predicted octanol–water partition coefficient (Wildman–Crippen LogP) is 3.39. The average Bonchev–Trinajstić information content (AvgIpc) is 3.19. The fourth-order valence-electron chi connectivity index (χ4n) is 3.35. The van der Waals surface area contributed by atoms with Gasteiger partial charge in [0, 0.05) is 11.6 Å². The van der Waals surface area contributed by atoms with Gasteiger partial charge in [0.25, 0.3) is 0 Å². The quantitative estimate of drug-likeness (QED) is 0.721. The molecule has 1 aliphatic heterocycles. The molecule has 0 aliphatic carbocycles. The Bertz CT molecular complexity index is 963. The molecule has 1 saturated heterocycles. The van der Waals surface area contributed by atoms with Crippen molar-refractivity contribution in [1.82, 2.24) is 9.62 Å². The Morgan fingerprint density at radius 1 is 1.24 bits per heavy atom. The number of halogens is 1. The first-order chi connectivity index (χ1) is 13.8. The first-order valence-corrected chi connectivity index (χ1v) is 11.4. The number of carbonyl (C=O) groups excluding carboxylic acids is 1. The van der Waals surface area contributed by atoms with E-state index < -0.39 is 16.1 Å². The summed E-state index contributed by atoms with van der Waals surface area (Å²) in [6.45, 7) is 4.41. The van der Waals surface area contributed by atoms with Crippen LogP contribution in [0.15, 0.2) is 53.4 Å². The molecule has 156 valence electrons. The van der Waals surface area contributed by atoms with Crippen LogP contribution >= 0.6 is 11.6 Å². The molecule has 1 aliphatic rings. The monoisotopic (exact) mass is 436 g/mol. The predicted molar refractivity (Wildman–Crippen MR) is 113 cm³/mol. The molecule has 0 bridgehead atoms. The zero-order valence-corrected chi connectivity index (χ0v) is 18.0. The maximum atomic E-state index is 13.0. The molecule has 1 amide bonds. The molecule has 1 heterocycles. The molecule has 29 heavy (non-hydrogen) atoms. The zero-order valence-electron chi connectivity index (χ0n) is 16.5. The van der Waals surface area contributed by atoms with Crippen LogP contribution in [0.2, 0.25) is 5.02 Å². The Balaban J connectivity index is 1.63. The number of nitrogens with zero attached hydrogens (tertiary/aromatic N) is 1. The van der Waals surface area contributed by atoms with Crippen LogP contribution < -0.4 is 10.1 Å². The maximum Gasteiger partial charge on any atom is 0.243 e. The lowest BCUT2D eigenvalue weighted by molar-refractivity contribution is -0.125. The molecule has 3 rings (SSSR count). The molecule has 6 nitrogen and oxygen atoms in total. The van der Waals surface area contributed by atoms with Gasteiger partial charge in [0.1, 0.15) is 18.4 Å². The van der Waals surface area contributed by atoms with Crippen molar-refractivity contribution >= 4 is 27.5 Å².